The summed E-state index contributed by atoms with van der Waals surface area (Å²) < 4.78 is 27.9. The summed E-state index contributed by atoms with van der Waals surface area (Å²) in [6, 6.07) is 5.28. The highest BCUT2D eigenvalue weighted by molar-refractivity contribution is 7.89. The molecule has 1 aromatic heterocycles. The third-order valence-electron chi connectivity index (χ3n) is 3.48. The molecule has 2 N–H and O–H groups in total. The second-order valence-electron chi connectivity index (χ2n) is 5.60. The lowest BCUT2D eigenvalue weighted by Gasteiger charge is -2.23. The lowest BCUT2D eigenvalue weighted by atomic mass is 10.1. The first-order valence-corrected chi connectivity index (χ1v) is 9.01. The monoisotopic (exact) mass is 323 g/mol. The average molecular weight is 323 g/mol. The molecule has 1 aromatic carbocycles. The molecule has 0 radical (unpaired) electrons. The van der Waals surface area contributed by atoms with Gasteiger partial charge in [0.05, 0.1) is 10.4 Å². The zero-order valence-electron chi connectivity index (χ0n) is 11.9. The molecule has 0 aliphatic carbocycles. The molecule has 5 nitrogen and oxygen atoms in total. The van der Waals surface area contributed by atoms with E-state index >= 15 is 0 Å². The lowest BCUT2D eigenvalue weighted by Crippen LogP contribution is -2.40. The second-order valence-corrected chi connectivity index (χ2v) is 8.18. The molecule has 0 amide bonds. The van der Waals surface area contributed by atoms with Crippen LogP contribution in [0.25, 0.3) is 0 Å². The molecule has 0 fully saturated rings. The smallest absolute Gasteiger partial charge is 0.241 e. The van der Waals surface area contributed by atoms with Crippen LogP contribution in [0.5, 0.6) is 0 Å². The van der Waals surface area contributed by atoms with Crippen molar-refractivity contribution in [2.75, 3.05) is 0 Å². The minimum absolute atomic E-state index is 0.301. The van der Waals surface area contributed by atoms with Gasteiger partial charge in [-0.2, -0.15) is 4.72 Å². The maximum Gasteiger partial charge on any atom is 0.241 e. The van der Waals surface area contributed by atoms with Crippen LogP contribution < -0.4 is 10.0 Å². The molecule has 1 aliphatic rings. The standard InChI is InChI=1S/C14H17N3O2S2/c1-14(2,13-16-5-6-20-13)17-21(18,19)12-4-3-10-8-15-9-11(10)7-12/h3-7,15,17H,8-9H2,1-2H3. The number of sulfonamides is 1. The maximum atomic E-state index is 12.6. The molecular formula is C14H17N3O2S2. The summed E-state index contributed by atoms with van der Waals surface area (Å²) in [5.41, 5.74) is 1.47. The molecule has 2 aromatic rings. The number of fused-ring (bicyclic) bond motifs is 1. The molecule has 3 rings (SSSR count). The Morgan fingerprint density at radius 1 is 1.29 bits per heavy atom. The van der Waals surface area contributed by atoms with Crippen LogP contribution in [-0.4, -0.2) is 13.4 Å². The number of aromatic nitrogens is 1. The number of nitrogens with zero attached hydrogens (tertiary/aromatic N) is 1. The van der Waals surface area contributed by atoms with Gasteiger partial charge in [-0.25, -0.2) is 13.4 Å². The molecule has 21 heavy (non-hydrogen) atoms. The van der Waals surface area contributed by atoms with Gasteiger partial charge in [0.2, 0.25) is 10.0 Å². The predicted molar refractivity (Wildman–Crippen MR) is 82.4 cm³/mol. The largest absolute Gasteiger partial charge is 0.309 e. The van der Waals surface area contributed by atoms with Gasteiger partial charge in [-0.15, -0.1) is 11.3 Å². The van der Waals surface area contributed by atoms with Crippen LogP contribution in [-0.2, 0) is 28.7 Å². The first-order chi connectivity index (χ1) is 9.88. The van der Waals surface area contributed by atoms with Gasteiger partial charge in [-0.3, -0.25) is 0 Å². The van der Waals surface area contributed by atoms with Crippen LogP contribution in [0.15, 0.2) is 34.7 Å². The Kier molecular flexibility index (Phi) is 3.61. The molecule has 0 atom stereocenters. The number of hydrogen-bond donors (Lipinski definition) is 2. The van der Waals surface area contributed by atoms with Gasteiger partial charge in [0.1, 0.15) is 5.01 Å². The summed E-state index contributed by atoms with van der Waals surface area (Å²) in [7, 11) is -3.58. The zero-order valence-corrected chi connectivity index (χ0v) is 13.5. The van der Waals surface area contributed by atoms with E-state index in [1.807, 2.05) is 25.3 Å². The SMILES string of the molecule is CC(C)(NS(=O)(=O)c1ccc2c(c1)CNC2)c1nccs1. The normalized spacial score (nSPS) is 15.1. The zero-order chi connectivity index (χ0) is 15.1. The van der Waals surface area contributed by atoms with Crippen molar-refractivity contribution >= 4 is 21.4 Å². The number of rotatable bonds is 4. The molecule has 0 bridgehead atoms. The molecule has 7 heteroatoms. The quantitative estimate of drug-likeness (QED) is 0.902. The van der Waals surface area contributed by atoms with Crippen molar-refractivity contribution in [3.05, 3.63) is 45.9 Å². The van der Waals surface area contributed by atoms with Gasteiger partial charge >= 0.3 is 0 Å². The Labute approximate surface area is 128 Å². The van der Waals surface area contributed by atoms with E-state index in [4.69, 9.17) is 0 Å². The van der Waals surface area contributed by atoms with Crippen molar-refractivity contribution < 1.29 is 8.42 Å². The summed E-state index contributed by atoms with van der Waals surface area (Å²) in [4.78, 5) is 4.51. The number of nitrogens with one attached hydrogen (secondary N) is 2. The summed E-state index contributed by atoms with van der Waals surface area (Å²) >= 11 is 1.44. The maximum absolute atomic E-state index is 12.6. The summed E-state index contributed by atoms with van der Waals surface area (Å²) in [6.45, 7) is 5.15. The van der Waals surface area contributed by atoms with Crippen molar-refractivity contribution in [3.63, 3.8) is 0 Å². The molecular weight excluding hydrogens is 306 g/mol. The topological polar surface area (TPSA) is 71.1 Å². The van der Waals surface area contributed by atoms with E-state index in [1.54, 1.807) is 18.3 Å². The Hall–Kier alpha value is -1.28. The fourth-order valence-corrected chi connectivity index (χ4v) is 4.62. The Balaban J connectivity index is 1.91. The fraction of sp³-hybridized carbons (Fsp3) is 0.357. The van der Waals surface area contributed by atoms with E-state index in [1.165, 1.54) is 11.3 Å². The first-order valence-electron chi connectivity index (χ1n) is 6.65. The second kappa shape index (κ2) is 5.17. The van der Waals surface area contributed by atoms with Crippen molar-refractivity contribution in [2.45, 2.75) is 37.4 Å². The molecule has 0 saturated heterocycles. The summed E-state index contributed by atoms with van der Waals surface area (Å²) in [5.74, 6) is 0. The van der Waals surface area contributed by atoms with Crippen molar-refractivity contribution in [2.24, 2.45) is 0 Å². The summed E-state index contributed by atoms with van der Waals surface area (Å²) in [5, 5.41) is 5.80. The molecule has 2 heterocycles. The molecule has 1 aliphatic heterocycles. The molecule has 0 saturated carbocycles. The first kappa shape index (κ1) is 14.6. The van der Waals surface area contributed by atoms with E-state index in [2.05, 4.69) is 15.0 Å². The highest BCUT2D eigenvalue weighted by atomic mass is 32.2. The van der Waals surface area contributed by atoms with Crippen molar-refractivity contribution in [3.8, 4) is 0 Å². The van der Waals surface area contributed by atoms with E-state index in [-0.39, 0.29) is 0 Å². The number of hydrogen-bond acceptors (Lipinski definition) is 5. The highest BCUT2D eigenvalue weighted by Crippen LogP contribution is 2.26. The molecule has 0 unspecified atom stereocenters. The van der Waals surface area contributed by atoms with Gasteiger partial charge < -0.3 is 5.32 Å². The van der Waals surface area contributed by atoms with Crippen LogP contribution in [0.4, 0.5) is 0 Å². The molecule has 112 valence electrons. The van der Waals surface area contributed by atoms with Crippen LogP contribution >= 0.6 is 11.3 Å². The van der Waals surface area contributed by atoms with Gasteiger partial charge in [0.15, 0.2) is 0 Å². The van der Waals surface area contributed by atoms with Gasteiger partial charge in [0, 0.05) is 24.7 Å². The van der Waals surface area contributed by atoms with E-state index in [0.717, 1.165) is 22.7 Å². The predicted octanol–water partition coefficient (Wildman–Crippen LogP) is 1.96. The highest BCUT2D eigenvalue weighted by Gasteiger charge is 2.30. The van der Waals surface area contributed by atoms with Crippen LogP contribution in [0, 0.1) is 0 Å². The number of thiazole rings is 1. The Morgan fingerprint density at radius 3 is 2.76 bits per heavy atom. The van der Waals surface area contributed by atoms with Crippen molar-refractivity contribution in [1.82, 2.24) is 15.0 Å². The van der Waals surface area contributed by atoms with Crippen LogP contribution in [0.1, 0.15) is 30.0 Å². The third-order valence-corrected chi connectivity index (χ3v) is 6.23. The van der Waals surface area contributed by atoms with E-state index in [0.29, 0.717) is 11.4 Å². The Morgan fingerprint density at radius 2 is 2.05 bits per heavy atom. The third kappa shape index (κ3) is 2.87. The fourth-order valence-electron chi connectivity index (χ4n) is 2.41. The van der Waals surface area contributed by atoms with E-state index < -0.39 is 15.6 Å². The lowest BCUT2D eigenvalue weighted by molar-refractivity contribution is 0.470. The van der Waals surface area contributed by atoms with Gasteiger partial charge in [-0.1, -0.05) is 6.07 Å². The number of benzene rings is 1. The minimum atomic E-state index is -3.58. The van der Waals surface area contributed by atoms with Gasteiger partial charge in [-0.05, 0) is 37.1 Å². The summed E-state index contributed by atoms with van der Waals surface area (Å²) in [6.07, 6.45) is 1.68. The average Bonchev–Trinajstić information content (AvgIpc) is 3.08. The minimum Gasteiger partial charge on any atom is -0.309 e. The van der Waals surface area contributed by atoms with E-state index in [9.17, 15) is 8.42 Å². The Bertz CT molecular complexity index is 753. The molecule has 0 spiro atoms. The van der Waals surface area contributed by atoms with Crippen LogP contribution in [0.3, 0.4) is 0 Å². The van der Waals surface area contributed by atoms with Crippen LogP contribution in [0.2, 0.25) is 0 Å². The van der Waals surface area contributed by atoms with Crippen molar-refractivity contribution in [1.29, 1.82) is 0 Å². The van der Waals surface area contributed by atoms with Gasteiger partial charge in [0.25, 0.3) is 0 Å².